The van der Waals surface area contributed by atoms with Crippen molar-refractivity contribution in [3.05, 3.63) is 88.9 Å². The molecule has 8 nitrogen and oxygen atoms in total. The smallest absolute Gasteiger partial charge is 0.264 e. The molecule has 10 heteroatoms. The number of carbonyl (C=O) groups excluding carboxylic acids is 2. The predicted octanol–water partition coefficient (Wildman–Crippen LogP) is 5.77. The molecular formula is C31H38BrN3O5S. The molecular weight excluding hydrogens is 606 g/mol. The van der Waals surface area contributed by atoms with E-state index >= 15 is 0 Å². The molecule has 3 rings (SSSR count). The molecule has 0 aliphatic carbocycles. The zero-order valence-corrected chi connectivity index (χ0v) is 26.3. The Balaban J connectivity index is 2.04. The number of ether oxygens (including phenoxy) is 1. The van der Waals surface area contributed by atoms with E-state index in [-0.39, 0.29) is 23.4 Å². The topological polar surface area (TPSA) is 96.0 Å². The lowest BCUT2D eigenvalue weighted by Gasteiger charge is -2.33. The highest BCUT2D eigenvalue weighted by Gasteiger charge is 2.34. The SMILES string of the molecule is CCOc1ccc(N(CC(=O)N(Cc2ccccc2)[C@H](CC)C(=O)N[C@@H](C)CC)S(=O)(=O)c2ccc(Br)cc2)cc1. The third-order valence-electron chi connectivity index (χ3n) is 6.70. The summed E-state index contributed by atoms with van der Waals surface area (Å²) in [6.07, 6.45) is 1.11. The van der Waals surface area contributed by atoms with Gasteiger partial charge in [-0.05, 0) is 80.8 Å². The maximum absolute atomic E-state index is 14.1. The van der Waals surface area contributed by atoms with Crippen LogP contribution in [0.25, 0.3) is 0 Å². The summed E-state index contributed by atoms with van der Waals surface area (Å²) in [5.41, 5.74) is 1.14. The lowest BCUT2D eigenvalue weighted by atomic mass is 10.1. The summed E-state index contributed by atoms with van der Waals surface area (Å²) in [6, 6.07) is 21.3. The molecule has 0 saturated carbocycles. The van der Waals surface area contributed by atoms with Crippen LogP contribution < -0.4 is 14.4 Å². The summed E-state index contributed by atoms with van der Waals surface area (Å²) in [5, 5.41) is 2.98. The number of nitrogens with zero attached hydrogens (tertiary/aromatic N) is 2. The summed E-state index contributed by atoms with van der Waals surface area (Å²) >= 11 is 3.35. The van der Waals surface area contributed by atoms with Gasteiger partial charge in [0.15, 0.2) is 0 Å². The summed E-state index contributed by atoms with van der Waals surface area (Å²) < 4.78 is 35.3. The average molecular weight is 645 g/mol. The zero-order chi connectivity index (χ0) is 30.0. The molecule has 2 amide bonds. The highest BCUT2D eigenvalue weighted by Crippen LogP contribution is 2.27. The minimum Gasteiger partial charge on any atom is -0.494 e. The first-order chi connectivity index (χ1) is 19.6. The van der Waals surface area contributed by atoms with Gasteiger partial charge in [0.1, 0.15) is 18.3 Å². The van der Waals surface area contributed by atoms with E-state index in [1.54, 1.807) is 36.4 Å². The number of hydrogen-bond acceptors (Lipinski definition) is 5. The van der Waals surface area contributed by atoms with Crippen molar-refractivity contribution in [3.63, 3.8) is 0 Å². The maximum atomic E-state index is 14.1. The van der Waals surface area contributed by atoms with Crippen LogP contribution in [0.3, 0.4) is 0 Å². The highest BCUT2D eigenvalue weighted by atomic mass is 79.9. The second-order valence-electron chi connectivity index (χ2n) is 9.64. The first-order valence-corrected chi connectivity index (χ1v) is 16.0. The number of amides is 2. The zero-order valence-electron chi connectivity index (χ0n) is 23.9. The van der Waals surface area contributed by atoms with E-state index in [0.717, 1.165) is 20.8 Å². The summed E-state index contributed by atoms with van der Waals surface area (Å²) in [6.45, 7) is 7.71. The van der Waals surface area contributed by atoms with Crippen molar-refractivity contribution in [2.24, 2.45) is 0 Å². The Labute approximate surface area is 251 Å². The lowest BCUT2D eigenvalue weighted by Crippen LogP contribution is -2.53. The number of carbonyl (C=O) groups is 2. The summed E-state index contributed by atoms with van der Waals surface area (Å²) in [4.78, 5) is 28.9. The third-order valence-corrected chi connectivity index (χ3v) is 9.02. The van der Waals surface area contributed by atoms with E-state index in [4.69, 9.17) is 4.74 Å². The van der Waals surface area contributed by atoms with Crippen LogP contribution in [0.2, 0.25) is 0 Å². The molecule has 0 bridgehead atoms. The Morgan fingerprint density at radius 1 is 0.902 bits per heavy atom. The molecule has 0 aliphatic rings. The quantitative estimate of drug-likeness (QED) is 0.241. The Hall–Kier alpha value is -3.37. The molecule has 0 radical (unpaired) electrons. The van der Waals surface area contributed by atoms with Gasteiger partial charge in [0.25, 0.3) is 10.0 Å². The van der Waals surface area contributed by atoms with Crippen LogP contribution >= 0.6 is 15.9 Å². The Kier molecular flexibility index (Phi) is 11.8. The first-order valence-electron chi connectivity index (χ1n) is 13.8. The van der Waals surface area contributed by atoms with Crippen molar-refractivity contribution in [1.29, 1.82) is 0 Å². The van der Waals surface area contributed by atoms with E-state index in [1.807, 2.05) is 58.0 Å². The van der Waals surface area contributed by atoms with Gasteiger partial charge in [0, 0.05) is 17.1 Å². The summed E-state index contributed by atoms with van der Waals surface area (Å²) in [7, 11) is -4.15. The number of hydrogen-bond donors (Lipinski definition) is 1. The van der Waals surface area contributed by atoms with Crippen molar-refractivity contribution in [3.8, 4) is 5.75 Å². The van der Waals surface area contributed by atoms with Gasteiger partial charge in [-0.2, -0.15) is 0 Å². The van der Waals surface area contributed by atoms with Crippen molar-refractivity contribution >= 4 is 43.5 Å². The predicted molar refractivity (Wildman–Crippen MR) is 165 cm³/mol. The summed E-state index contributed by atoms with van der Waals surface area (Å²) in [5.74, 6) is -0.175. The van der Waals surface area contributed by atoms with Crippen LogP contribution in [-0.4, -0.2) is 50.4 Å². The fourth-order valence-corrected chi connectivity index (χ4v) is 5.96. The number of sulfonamides is 1. The second-order valence-corrected chi connectivity index (χ2v) is 12.4. The molecule has 3 aromatic carbocycles. The molecule has 2 atom stereocenters. The van der Waals surface area contributed by atoms with Crippen LogP contribution in [0, 0.1) is 0 Å². The van der Waals surface area contributed by atoms with E-state index < -0.39 is 28.5 Å². The van der Waals surface area contributed by atoms with Gasteiger partial charge in [-0.3, -0.25) is 13.9 Å². The number of anilines is 1. The van der Waals surface area contributed by atoms with Crippen molar-refractivity contribution in [2.75, 3.05) is 17.5 Å². The largest absolute Gasteiger partial charge is 0.494 e. The number of benzene rings is 3. The fourth-order valence-electron chi connectivity index (χ4n) is 4.28. The maximum Gasteiger partial charge on any atom is 0.264 e. The van der Waals surface area contributed by atoms with Gasteiger partial charge in [-0.25, -0.2) is 8.42 Å². The Bertz CT molecular complexity index is 1380. The molecule has 220 valence electrons. The molecule has 0 aliphatic heterocycles. The van der Waals surface area contributed by atoms with Crippen LogP contribution in [0.5, 0.6) is 5.75 Å². The van der Waals surface area contributed by atoms with Gasteiger partial charge in [0.05, 0.1) is 17.2 Å². The fraction of sp³-hybridized carbons (Fsp3) is 0.355. The van der Waals surface area contributed by atoms with Gasteiger partial charge < -0.3 is 15.0 Å². The van der Waals surface area contributed by atoms with Crippen LogP contribution in [-0.2, 0) is 26.2 Å². The minimum absolute atomic E-state index is 0.0403. The van der Waals surface area contributed by atoms with E-state index in [9.17, 15) is 18.0 Å². The normalized spacial score (nSPS) is 12.7. The number of halogens is 1. The molecule has 0 spiro atoms. The molecule has 3 aromatic rings. The van der Waals surface area contributed by atoms with E-state index in [0.29, 0.717) is 24.5 Å². The molecule has 41 heavy (non-hydrogen) atoms. The Morgan fingerprint density at radius 3 is 2.10 bits per heavy atom. The lowest BCUT2D eigenvalue weighted by molar-refractivity contribution is -0.140. The highest BCUT2D eigenvalue weighted by molar-refractivity contribution is 9.10. The van der Waals surface area contributed by atoms with Gasteiger partial charge >= 0.3 is 0 Å². The van der Waals surface area contributed by atoms with Gasteiger partial charge in [0.2, 0.25) is 11.8 Å². The first kappa shape index (κ1) is 32.1. The van der Waals surface area contributed by atoms with Crippen molar-refractivity contribution in [1.82, 2.24) is 10.2 Å². The molecule has 0 heterocycles. The van der Waals surface area contributed by atoms with E-state index in [1.165, 1.54) is 17.0 Å². The van der Waals surface area contributed by atoms with Crippen LogP contribution in [0.15, 0.2) is 88.2 Å². The van der Waals surface area contributed by atoms with Crippen LogP contribution in [0.1, 0.15) is 46.1 Å². The molecule has 0 fully saturated rings. The average Bonchev–Trinajstić information content (AvgIpc) is 2.97. The molecule has 0 unspecified atom stereocenters. The van der Waals surface area contributed by atoms with Gasteiger partial charge in [-0.15, -0.1) is 0 Å². The molecule has 0 saturated heterocycles. The van der Waals surface area contributed by atoms with Crippen molar-refractivity contribution in [2.45, 2.75) is 64.1 Å². The van der Waals surface area contributed by atoms with Gasteiger partial charge in [-0.1, -0.05) is 60.1 Å². The number of nitrogens with one attached hydrogen (secondary N) is 1. The third kappa shape index (κ3) is 8.56. The monoisotopic (exact) mass is 643 g/mol. The molecule has 1 N–H and O–H groups in total. The Morgan fingerprint density at radius 2 is 1.54 bits per heavy atom. The van der Waals surface area contributed by atoms with E-state index in [2.05, 4.69) is 21.2 Å². The minimum atomic E-state index is -4.15. The van der Waals surface area contributed by atoms with Crippen LogP contribution in [0.4, 0.5) is 5.69 Å². The standard InChI is InChI=1S/C31H38BrN3O5S/c1-5-23(4)33-31(37)29(6-2)34(21-24-11-9-8-10-12-24)30(36)22-35(26-15-17-27(18-16-26)40-7-3)41(38,39)28-19-13-25(32)14-20-28/h8-20,23,29H,5-7,21-22H2,1-4H3,(H,33,37)/t23-,29+/m0/s1. The molecule has 0 aromatic heterocycles. The number of rotatable bonds is 14. The van der Waals surface area contributed by atoms with Crippen molar-refractivity contribution < 1.29 is 22.7 Å². The second kappa shape index (κ2) is 15.0.